The summed E-state index contributed by atoms with van der Waals surface area (Å²) in [6.45, 7) is 9.10. The molecule has 0 radical (unpaired) electrons. The Morgan fingerprint density at radius 3 is 2.61 bits per heavy atom. The Hall–Kier alpha value is -2.94. The monoisotopic (exact) mass is 453 g/mol. The molecular formula is C24H31N5O4. The third-order valence-corrected chi connectivity index (χ3v) is 6.52. The number of amides is 3. The lowest BCUT2D eigenvalue weighted by Crippen LogP contribution is -2.63. The highest BCUT2D eigenvalue weighted by molar-refractivity contribution is 5.79. The van der Waals surface area contributed by atoms with Gasteiger partial charge in [0.25, 0.3) is 0 Å². The Morgan fingerprint density at radius 1 is 1.12 bits per heavy atom. The number of carbonyl (C=O) groups is 2. The number of likely N-dealkylation sites (tertiary alicyclic amines) is 2. The van der Waals surface area contributed by atoms with E-state index in [-0.39, 0.29) is 36.1 Å². The minimum atomic E-state index is -0.109. The van der Waals surface area contributed by atoms with Crippen molar-refractivity contribution in [3.63, 3.8) is 0 Å². The molecule has 3 amide bonds. The molecule has 9 heteroatoms. The van der Waals surface area contributed by atoms with Crippen LogP contribution in [0.15, 0.2) is 28.7 Å². The Labute approximate surface area is 193 Å². The molecule has 0 bridgehead atoms. The van der Waals surface area contributed by atoms with Crippen molar-refractivity contribution < 1.29 is 18.7 Å². The standard InChI is InChI=1S/C24H31N5O4/c1-24(2,3)10-21-26-27-22(33-21)16-6-4-15(5-7-16)17-11-29(12-17)23(31)28-9-8-19-18(13-28)25-20(30)14-32-19/h4-7,17-19H,8-14H2,1-3H3,(H,25,30)/t18-,19?/m1/s1. The molecule has 1 unspecified atom stereocenters. The van der Waals surface area contributed by atoms with Crippen LogP contribution in [-0.4, -0.2) is 76.9 Å². The summed E-state index contributed by atoms with van der Waals surface area (Å²) >= 11 is 0. The Balaban J connectivity index is 1.15. The van der Waals surface area contributed by atoms with E-state index in [2.05, 4.69) is 48.4 Å². The molecule has 0 spiro atoms. The molecular weight excluding hydrogens is 422 g/mol. The molecule has 176 valence electrons. The number of piperidine rings is 1. The summed E-state index contributed by atoms with van der Waals surface area (Å²) in [6.07, 6.45) is 1.50. The number of benzene rings is 1. The van der Waals surface area contributed by atoms with E-state index in [0.717, 1.165) is 18.4 Å². The van der Waals surface area contributed by atoms with E-state index in [1.165, 1.54) is 5.56 Å². The first-order chi connectivity index (χ1) is 15.7. The molecule has 1 aromatic carbocycles. The lowest BCUT2D eigenvalue weighted by molar-refractivity contribution is -0.139. The number of hydrogen-bond acceptors (Lipinski definition) is 6. The highest BCUT2D eigenvalue weighted by Crippen LogP contribution is 2.31. The third-order valence-electron chi connectivity index (χ3n) is 6.52. The second-order valence-electron chi connectivity index (χ2n) is 10.5. The van der Waals surface area contributed by atoms with Gasteiger partial charge in [-0.25, -0.2) is 4.79 Å². The van der Waals surface area contributed by atoms with Crippen LogP contribution in [0, 0.1) is 5.41 Å². The normalized spacial score (nSPS) is 23.7. The summed E-state index contributed by atoms with van der Waals surface area (Å²) in [6, 6.07) is 8.10. The van der Waals surface area contributed by atoms with Crippen molar-refractivity contribution in [2.75, 3.05) is 32.8 Å². The minimum absolute atomic E-state index is 0.0118. The van der Waals surface area contributed by atoms with E-state index in [9.17, 15) is 9.59 Å². The number of aromatic nitrogens is 2. The molecule has 9 nitrogen and oxygen atoms in total. The van der Waals surface area contributed by atoms with Crippen molar-refractivity contribution >= 4 is 11.9 Å². The molecule has 3 saturated heterocycles. The SMILES string of the molecule is CC(C)(C)Cc1nnc(-c2ccc(C3CN(C(=O)N4CCC5OCC(=O)N[C@@H]5C4)C3)cc2)o1. The second kappa shape index (κ2) is 8.44. The van der Waals surface area contributed by atoms with Crippen LogP contribution in [0.5, 0.6) is 0 Å². The molecule has 0 saturated carbocycles. The Kier molecular flexibility index (Phi) is 5.60. The van der Waals surface area contributed by atoms with Gasteiger partial charge in [0, 0.05) is 44.1 Å². The van der Waals surface area contributed by atoms with Gasteiger partial charge in [0.05, 0.1) is 12.1 Å². The van der Waals surface area contributed by atoms with Gasteiger partial charge in [0.2, 0.25) is 17.7 Å². The zero-order chi connectivity index (χ0) is 23.2. The highest BCUT2D eigenvalue weighted by atomic mass is 16.5. The number of morpholine rings is 1. The molecule has 5 rings (SSSR count). The van der Waals surface area contributed by atoms with Gasteiger partial charge in [-0.3, -0.25) is 4.79 Å². The fourth-order valence-electron chi connectivity index (χ4n) is 4.71. The van der Waals surface area contributed by atoms with Crippen molar-refractivity contribution in [1.82, 2.24) is 25.3 Å². The van der Waals surface area contributed by atoms with Crippen LogP contribution in [0.1, 0.15) is 44.6 Å². The highest BCUT2D eigenvalue weighted by Gasteiger charge is 2.40. The molecule has 2 atom stereocenters. The fourth-order valence-corrected chi connectivity index (χ4v) is 4.71. The molecule has 4 heterocycles. The summed E-state index contributed by atoms with van der Waals surface area (Å²) < 4.78 is 11.4. The number of fused-ring (bicyclic) bond motifs is 1. The van der Waals surface area contributed by atoms with Gasteiger partial charge < -0.3 is 24.3 Å². The summed E-state index contributed by atoms with van der Waals surface area (Å²) in [5, 5.41) is 11.3. The number of ether oxygens (including phenoxy) is 1. The van der Waals surface area contributed by atoms with Crippen molar-refractivity contribution in [3.05, 3.63) is 35.7 Å². The smallest absolute Gasteiger partial charge is 0.320 e. The summed E-state index contributed by atoms with van der Waals surface area (Å²) in [4.78, 5) is 28.2. The third kappa shape index (κ3) is 4.73. The predicted molar refractivity (Wildman–Crippen MR) is 120 cm³/mol. The average Bonchev–Trinajstić information content (AvgIpc) is 3.19. The van der Waals surface area contributed by atoms with Crippen LogP contribution in [0.4, 0.5) is 4.79 Å². The minimum Gasteiger partial charge on any atom is -0.421 e. The van der Waals surface area contributed by atoms with Gasteiger partial charge >= 0.3 is 6.03 Å². The van der Waals surface area contributed by atoms with Crippen LogP contribution in [0.2, 0.25) is 0 Å². The van der Waals surface area contributed by atoms with Crippen LogP contribution in [0.25, 0.3) is 11.5 Å². The molecule has 3 aliphatic heterocycles. The van der Waals surface area contributed by atoms with E-state index in [4.69, 9.17) is 9.15 Å². The van der Waals surface area contributed by atoms with Crippen molar-refractivity contribution in [2.45, 2.75) is 51.7 Å². The first kappa shape index (κ1) is 21.9. The van der Waals surface area contributed by atoms with Gasteiger partial charge in [0.15, 0.2) is 0 Å². The molecule has 1 aromatic heterocycles. The van der Waals surface area contributed by atoms with E-state index < -0.39 is 0 Å². The first-order valence-corrected chi connectivity index (χ1v) is 11.6. The molecule has 2 aromatic rings. The number of nitrogens with zero attached hydrogens (tertiary/aromatic N) is 4. The maximum Gasteiger partial charge on any atom is 0.320 e. The van der Waals surface area contributed by atoms with Crippen molar-refractivity contribution in [3.8, 4) is 11.5 Å². The van der Waals surface area contributed by atoms with Gasteiger partial charge in [-0.05, 0) is 29.5 Å². The average molecular weight is 454 g/mol. The van der Waals surface area contributed by atoms with Crippen LogP contribution in [0.3, 0.4) is 0 Å². The summed E-state index contributed by atoms with van der Waals surface area (Å²) in [5.74, 6) is 1.40. The maximum atomic E-state index is 12.9. The predicted octanol–water partition coefficient (Wildman–Crippen LogP) is 2.43. The number of hydrogen-bond donors (Lipinski definition) is 1. The number of nitrogens with one attached hydrogen (secondary N) is 1. The van der Waals surface area contributed by atoms with E-state index in [1.54, 1.807) is 0 Å². The number of urea groups is 1. The van der Waals surface area contributed by atoms with E-state index >= 15 is 0 Å². The van der Waals surface area contributed by atoms with Gasteiger partial charge in [-0.15, -0.1) is 10.2 Å². The first-order valence-electron chi connectivity index (χ1n) is 11.6. The van der Waals surface area contributed by atoms with Crippen molar-refractivity contribution in [2.24, 2.45) is 5.41 Å². The van der Waals surface area contributed by atoms with Gasteiger partial charge in [-0.1, -0.05) is 32.9 Å². The summed E-state index contributed by atoms with van der Waals surface area (Å²) in [7, 11) is 0. The van der Waals surface area contributed by atoms with Gasteiger partial charge in [-0.2, -0.15) is 0 Å². The van der Waals surface area contributed by atoms with Crippen LogP contribution in [-0.2, 0) is 16.0 Å². The van der Waals surface area contributed by atoms with Gasteiger partial charge in [0.1, 0.15) is 6.61 Å². The molecule has 33 heavy (non-hydrogen) atoms. The number of carbonyl (C=O) groups excluding carboxylic acids is 2. The lowest BCUT2D eigenvalue weighted by atomic mass is 9.91. The second-order valence-corrected chi connectivity index (χ2v) is 10.5. The number of rotatable bonds is 3. The Morgan fingerprint density at radius 2 is 1.88 bits per heavy atom. The molecule has 3 aliphatic rings. The quantitative estimate of drug-likeness (QED) is 0.766. The molecule has 1 N–H and O–H groups in total. The Bertz CT molecular complexity index is 1020. The fraction of sp³-hybridized carbons (Fsp3) is 0.583. The topological polar surface area (TPSA) is 101 Å². The van der Waals surface area contributed by atoms with Crippen molar-refractivity contribution in [1.29, 1.82) is 0 Å². The lowest BCUT2D eigenvalue weighted by Gasteiger charge is -2.46. The molecule has 0 aliphatic carbocycles. The zero-order valence-corrected chi connectivity index (χ0v) is 19.4. The maximum absolute atomic E-state index is 12.9. The molecule has 3 fully saturated rings. The van der Waals surface area contributed by atoms with Crippen LogP contribution < -0.4 is 5.32 Å². The van der Waals surface area contributed by atoms with Crippen LogP contribution >= 0.6 is 0 Å². The zero-order valence-electron chi connectivity index (χ0n) is 19.4. The van der Waals surface area contributed by atoms with E-state index in [1.807, 2.05) is 21.9 Å². The van der Waals surface area contributed by atoms with E-state index in [0.29, 0.717) is 43.9 Å². The largest absolute Gasteiger partial charge is 0.421 e. The summed E-state index contributed by atoms with van der Waals surface area (Å²) in [5.41, 5.74) is 2.19.